The standard InChI is InChI=1S/C30H38N2O5/c1-16-8-7-10-20-27-29(3,37-27)17(2)26-22(13-18-15-31-21-11-6-5-9-19(18)21)32-28(35)30(20,26)25(34)14-24(36-4)23(33)12-16/h5-7,9-11,15-17,20,22-24,26-27,31,33H,8,12-14H2,1-4H3,(H,32,35)/b10-7-/t16-,17+,20-,22+,23+,24-,26-,27+,29-,30+/m0/s1. The zero-order valence-corrected chi connectivity index (χ0v) is 22.1. The molecule has 2 aromatic rings. The monoisotopic (exact) mass is 506 g/mol. The van der Waals surface area contributed by atoms with Crippen molar-refractivity contribution in [2.24, 2.45) is 29.1 Å². The third-order valence-corrected chi connectivity index (χ3v) is 10.1. The van der Waals surface area contributed by atoms with E-state index in [1.807, 2.05) is 24.4 Å². The van der Waals surface area contributed by atoms with E-state index < -0.39 is 17.6 Å². The van der Waals surface area contributed by atoms with Crippen LogP contribution in [0.15, 0.2) is 42.6 Å². The van der Waals surface area contributed by atoms with Crippen LogP contribution < -0.4 is 5.32 Å². The number of H-pyrrole nitrogens is 1. The van der Waals surface area contributed by atoms with Gasteiger partial charge in [0, 0.05) is 48.5 Å². The van der Waals surface area contributed by atoms with Crippen molar-refractivity contribution in [3.05, 3.63) is 48.2 Å². The van der Waals surface area contributed by atoms with E-state index in [1.165, 1.54) is 7.11 Å². The summed E-state index contributed by atoms with van der Waals surface area (Å²) in [5.41, 5.74) is 0.561. The van der Waals surface area contributed by atoms with Gasteiger partial charge in [-0.15, -0.1) is 0 Å². The van der Waals surface area contributed by atoms with E-state index in [4.69, 9.17) is 9.47 Å². The van der Waals surface area contributed by atoms with E-state index in [0.717, 1.165) is 22.9 Å². The number of benzene rings is 1. The number of amides is 1. The molecule has 37 heavy (non-hydrogen) atoms. The molecule has 1 spiro atoms. The molecule has 0 unspecified atom stereocenters. The molecule has 2 saturated heterocycles. The zero-order valence-electron chi connectivity index (χ0n) is 22.1. The number of methoxy groups -OCH3 is 1. The lowest BCUT2D eigenvalue weighted by atomic mass is 9.51. The highest BCUT2D eigenvalue weighted by Crippen LogP contribution is 2.66. The number of aromatic nitrogens is 1. The summed E-state index contributed by atoms with van der Waals surface area (Å²) in [4.78, 5) is 31.9. The number of ketones is 1. The number of aliphatic hydroxyl groups excluding tert-OH is 1. The van der Waals surface area contributed by atoms with Gasteiger partial charge >= 0.3 is 0 Å². The molecule has 2 aliphatic carbocycles. The first kappa shape index (κ1) is 24.8. The van der Waals surface area contributed by atoms with Crippen molar-refractivity contribution in [2.75, 3.05) is 7.11 Å². The number of carbonyl (C=O) groups excluding carboxylic acids is 2. The fraction of sp³-hybridized carbons (Fsp3) is 0.600. The average molecular weight is 507 g/mol. The highest BCUT2D eigenvalue weighted by atomic mass is 16.6. The SMILES string of the molecule is CO[C@H]1CC(=O)[C@@]23C(=O)N[C@H](Cc4c[nH]c5ccccc45)[C@@H]2[C@@H](C)[C@]2(C)O[C@@H]2[C@@H]3/C=C\C[C@H](C)C[C@H]1O. The molecule has 7 heteroatoms. The van der Waals surface area contributed by atoms with Crippen molar-refractivity contribution in [1.82, 2.24) is 10.3 Å². The van der Waals surface area contributed by atoms with Gasteiger partial charge in [-0.25, -0.2) is 0 Å². The average Bonchev–Trinajstić information content (AvgIpc) is 3.28. The number of hydrogen-bond donors (Lipinski definition) is 3. The van der Waals surface area contributed by atoms with Gasteiger partial charge in [-0.05, 0) is 49.7 Å². The van der Waals surface area contributed by atoms with Crippen molar-refractivity contribution >= 4 is 22.6 Å². The Morgan fingerprint density at radius 1 is 1.22 bits per heavy atom. The largest absolute Gasteiger partial charge is 0.390 e. The Hall–Kier alpha value is -2.48. The smallest absolute Gasteiger partial charge is 0.235 e. The predicted octanol–water partition coefficient (Wildman–Crippen LogP) is 3.56. The molecule has 6 rings (SSSR count). The Labute approximate surface area is 218 Å². The van der Waals surface area contributed by atoms with E-state index in [2.05, 4.69) is 49.3 Å². The van der Waals surface area contributed by atoms with Crippen LogP contribution in [0.2, 0.25) is 0 Å². The number of aliphatic hydroxyl groups is 1. The normalized spacial score (nSPS) is 44.4. The molecule has 1 amide bonds. The van der Waals surface area contributed by atoms with Gasteiger partial charge in [0.2, 0.25) is 5.91 Å². The topological polar surface area (TPSA) is 104 Å². The second kappa shape index (κ2) is 8.79. The van der Waals surface area contributed by atoms with Crippen LogP contribution in [0.4, 0.5) is 0 Å². The fourth-order valence-electron chi connectivity index (χ4n) is 7.91. The number of Topliss-reactive ketones (excluding diaryl/α,β-unsaturated/α-hetero) is 1. The molecule has 10 atom stereocenters. The van der Waals surface area contributed by atoms with Crippen LogP contribution in [-0.4, -0.2) is 58.8 Å². The quantitative estimate of drug-likeness (QED) is 0.336. The van der Waals surface area contributed by atoms with Gasteiger partial charge in [-0.3, -0.25) is 9.59 Å². The molecule has 1 aromatic carbocycles. The van der Waals surface area contributed by atoms with Crippen molar-refractivity contribution in [2.45, 2.75) is 76.4 Å². The maximum absolute atomic E-state index is 14.4. The lowest BCUT2D eigenvalue weighted by Crippen LogP contribution is -2.59. The molecule has 198 valence electrons. The number of allylic oxidation sites excluding steroid dienone is 1. The number of rotatable bonds is 3. The molecular formula is C30H38N2O5. The summed E-state index contributed by atoms with van der Waals surface area (Å²) in [6.07, 6.45) is 6.54. The van der Waals surface area contributed by atoms with Gasteiger partial charge in [0.25, 0.3) is 0 Å². The predicted molar refractivity (Wildman–Crippen MR) is 140 cm³/mol. The number of fused-ring (bicyclic) bond motifs is 3. The number of nitrogens with one attached hydrogen (secondary N) is 2. The van der Waals surface area contributed by atoms with Crippen molar-refractivity contribution in [3.63, 3.8) is 0 Å². The first-order valence-electron chi connectivity index (χ1n) is 13.7. The van der Waals surface area contributed by atoms with Gasteiger partial charge < -0.3 is 24.9 Å². The third-order valence-electron chi connectivity index (χ3n) is 10.1. The summed E-state index contributed by atoms with van der Waals surface area (Å²) in [5.74, 6) is -0.717. The fourth-order valence-corrected chi connectivity index (χ4v) is 7.91. The number of para-hydroxylation sites is 1. The Balaban J connectivity index is 1.46. The third kappa shape index (κ3) is 3.57. The van der Waals surface area contributed by atoms with E-state index in [9.17, 15) is 14.7 Å². The first-order valence-corrected chi connectivity index (χ1v) is 13.7. The van der Waals surface area contributed by atoms with Gasteiger partial charge in [0.15, 0.2) is 5.78 Å². The van der Waals surface area contributed by atoms with E-state index in [0.29, 0.717) is 12.8 Å². The minimum absolute atomic E-state index is 0.00442. The lowest BCUT2D eigenvalue weighted by molar-refractivity contribution is -0.151. The molecule has 2 aliphatic heterocycles. The summed E-state index contributed by atoms with van der Waals surface area (Å²) >= 11 is 0. The van der Waals surface area contributed by atoms with E-state index in [-0.39, 0.29) is 59.5 Å². The Morgan fingerprint density at radius 3 is 2.78 bits per heavy atom. The van der Waals surface area contributed by atoms with Crippen molar-refractivity contribution in [1.29, 1.82) is 0 Å². The molecule has 3 N–H and O–H groups in total. The maximum atomic E-state index is 14.4. The summed E-state index contributed by atoms with van der Waals surface area (Å²) in [5, 5.41) is 15.3. The first-order chi connectivity index (χ1) is 17.7. The number of carbonyl (C=O) groups is 2. The maximum Gasteiger partial charge on any atom is 0.235 e. The van der Waals surface area contributed by atoms with Gasteiger partial charge in [-0.2, -0.15) is 0 Å². The van der Waals surface area contributed by atoms with E-state index in [1.54, 1.807) is 0 Å². The summed E-state index contributed by atoms with van der Waals surface area (Å²) in [6.45, 7) is 6.36. The molecular weight excluding hydrogens is 468 g/mol. The summed E-state index contributed by atoms with van der Waals surface area (Å²) < 4.78 is 12.0. The Morgan fingerprint density at radius 2 is 2.00 bits per heavy atom. The summed E-state index contributed by atoms with van der Waals surface area (Å²) in [6, 6.07) is 7.95. The number of aromatic amines is 1. The van der Waals surface area contributed by atoms with E-state index >= 15 is 0 Å². The lowest BCUT2D eigenvalue weighted by Gasteiger charge is -2.46. The van der Waals surface area contributed by atoms with Crippen LogP contribution >= 0.6 is 0 Å². The molecule has 7 nitrogen and oxygen atoms in total. The Kier molecular flexibility index (Phi) is 5.90. The van der Waals surface area contributed by atoms with Crippen LogP contribution in [0.1, 0.15) is 45.6 Å². The molecule has 4 aliphatic rings. The second-order valence-electron chi connectivity index (χ2n) is 12.0. The van der Waals surface area contributed by atoms with Crippen LogP contribution in [0, 0.1) is 29.1 Å². The summed E-state index contributed by atoms with van der Waals surface area (Å²) in [7, 11) is 1.54. The van der Waals surface area contributed by atoms with Crippen molar-refractivity contribution in [3.8, 4) is 0 Å². The van der Waals surface area contributed by atoms with Gasteiger partial charge in [-0.1, -0.05) is 44.2 Å². The van der Waals surface area contributed by atoms with Gasteiger partial charge in [0.1, 0.15) is 5.41 Å². The minimum atomic E-state index is -1.25. The zero-order chi connectivity index (χ0) is 26.1. The van der Waals surface area contributed by atoms with Gasteiger partial charge in [0.05, 0.1) is 23.9 Å². The molecule has 1 aromatic heterocycles. The highest BCUT2D eigenvalue weighted by molar-refractivity contribution is 6.09. The van der Waals surface area contributed by atoms with Crippen LogP contribution in [-0.2, 0) is 25.5 Å². The molecule has 3 fully saturated rings. The second-order valence-corrected chi connectivity index (χ2v) is 12.0. The number of epoxide rings is 1. The molecule has 3 heterocycles. The molecule has 0 bridgehead atoms. The number of hydrogen-bond acceptors (Lipinski definition) is 5. The number of ether oxygens (including phenoxy) is 2. The van der Waals surface area contributed by atoms with Crippen molar-refractivity contribution < 1.29 is 24.2 Å². The highest BCUT2D eigenvalue weighted by Gasteiger charge is 2.78. The molecule has 1 saturated carbocycles. The Bertz CT molecular complexity index is 1250. The van der Waals surface area contributed by atoms with Crippen LogP contribution in [0.3, 0.4) is 0 Å². The molecule has 0 radical (unpaired) electrons. The van der Waals surface area contributed by atoms with Crippen LogP contribution in [0.25, 0.3) is 10.9 Å². The minimum Gasteiger partial charge on any atom is -0.390 e. The van der Waals surface area contributed by atoms with Crippen LogP contribution in [0.5, 0.6) is 0 Å².